The molecule has 3 nitrogen and oxygen atoms in total. The molecule has 6 aromatic rings. The van der Waals surface area contributed by atoms with Gasteiger partial charge in [-0.2, -0.15) is 132 Å². The predicted octanol–water partition coefficient (Wildman–Crippen LogP) is 13.9. The number of hydrogen-bond acceptors (Lipinski definition) is 2. The van der Waals surface area contributed by atoms with E-state index < -0.39 is 195 Å². The number of ketones is 1. The molecule has 0 aliphatic rings. The molecule has 0 unspecified atom stereocenters. The van der Waals surface area contributed by atoms with Crippen molar-refractivity contribution >= 4 is 33.8 Å². The average molecular weight is 1120 g/mol. The molecule has 76 heavy (non-hydrogen) atoms. The number of ether oxygens (including phenoxy) is 1. The molecule has 410 valence electrons. The molecule has 1 heterocycles. The van der Waals surface area contributed by atoms with Crippen LogP contribution < -0.4 is 31.2 Å². The zero-order valence-electron chi connectivity index (χ0n) is 37.8. The molecule has 0 N–H and O–H groups in total. The Bertz CT molecular complexity index is 2580. The number of rotatable bonds is 9. The van der Waals surface area contributed by atoms with Gasteiger partial charge in [0.1, 0.15) is 11.9 Å². The van der Waals surface area contributed by atoms with Crippen molar-refractivity contribution in [3.05, 3.63) is 178 Å². The number of hydrogen-bond donors (Lipinski definition) is 0. The van der Waals surface area contributed by atoms with Gasteiger partial charge in [-0.25, -0.2) is 0 Å². The first-order valence-corrected chi connectivity index (χ1v) is 21.0. The molecule has 6 rings (SSSR count). The number of pyridine rings is 1. The van der Waals surface area contributed by atoms with Gasteiger partial charge < -0.3 is 4.74 Å². The van der Waals surface area contributed by atoms with E-state index in [-0.39, 0.29) is 11.9 Å². The average Bonchev–Trinajstić information content (AvgIpc) is 3.27. The van der Waals surface area contributed by atoms with Crippen molar-refractivity contribution in [2.24, 2.45) is 0 Å². The quantitative estimate of drug-likeness (QED) is 0.0625. The Hall–Kier alpha value is -6.90. The Morgan fingerprint density at radius 2 is 0.632 bits per heavy atom. The van der Waals surface area contributed by atoms with Gasteiger partial charge in [0.05, 0.1) is 50.6 Å². The minimum atomic E-state index is -6.13. The summed E-state index contributed by atoms with van der Waals surface area (Å²) in [5.74, 6) is 0.881. The van der Waals surface area contributed by atoms with Crippen molar-refractivity contribution in [2.45, 2.75) is 75.9 Å². The summed E-state index contributed by atoms with van der Waals surface area (Å²) < 4.78 is 348. The molecule has 0 spiro atoms. The third kappa shape index (κ3) is 14.3. The molecule has 0 saturated carbocycles. The molecule has 0 radical (unpaired) electrons. The predicted molar refractivity (Wildman–Crippen MR) is 223 cm³/mol. The largest absolute Gasteiger partial charge is 0.491 e. The lowest BCUT2D eigenvalue weighted by molar-refractivity contribution is -0.683. The van der Waals surface area contributed by atoms with Gasteiger partial charge in [-0.1, -0.05) is 54.6 Å². The molecule has 28 heteroatoms. The summed E-state index contributed by atoms with van der Waals surface area (Å²) in [4.78, 5) is 12.1. The van der Waals surface area contributed by atoms with Crippen LogP contribution in [-0.2, 0) is 56.0 Å². The van der Waals surface area contributed by atoms with Crippen molar-refractivity contribution in [3.8, 4) is 5.75 Å². The van der Waals surface area contributed by atoms with Crippen molar-refractivity contribution in [1.82, 2.24) is 0 Å². The molecule has 0 fully saturated rings. The molecule has 1 aromatic heterocycles. The molecule has 0 aliphatic carbocycles. The highest BCUT2D eigenvalue weighted by atomic mass is 19.4. The molecular formula is C48H30BF24NO2. The normalized spacial score (nSPS) is 13.4. The van der Waals surface area contributed by atoms with Gasteiger partial charge in [-0.3, -0.25) is 4.79 Å². The van der Waals surface area contributed by atoms with Crippen LogP contribution in [0.5, 0.6) is 5.75 Å². The number of aromatic nitrogens is 1. The molecule has 0 atom stereocenters. The number of nitrogens with zero attached hydrogens (tertiary/aromatic N) is 1. The summed E-state index contributed by atoms with van der Waals surface area (Å²) in [6.45, 7) is 4.31. The molecule has 0 aliphatic heterocycles. The lowest BCUT2D eigenvalue weighted by Gasteiger charge is -2.46. The second-order valence-corrected chi connectivity index (χ2v) is 16.9. The van der Waals surface area contributed by atoms with Crippen LogP contribution in [0.25, 0.3) is 0 Å². The Balaban J connectivity index is 0.000000468. The SMILES string of the molecule is CC(C)Oc1ccc(C(=O)C[n+]2ccccc2)cc1.FC(F)(F)c1cc([B-](c2cc(C(F)(F)F)cc(C(F)(F)F)c2)(c2cc(C(F)(F)F)cc(C(F)(F)F)c2)c2cc(C(F)(F)F)cc(C(F)(F)F)c2)cc(C(F)(F)F)c1. The standard InChI is InChI=1S/C32H12BF24.C16H18NO2/c34-25(35,36)13-1-14(26(37,38)39)6-21(5-13)33(22-7-15(27(40,41)42)2-16(8-22)28(43,44)45,23-9-17(29(46,47)48)3-18(10-23)30(49,50)51)24-11-19(31(52,53)54)4-20(12-24)32(55,56)57;1-13(2)19-15-8-6-14(7-9-15)16(18)12-17-10-4-3-5-11-17/h1-12H;3-11,13H,12H2,1-2H3/q-1;+1. The minimum absolute atomic E-state index is 0.0901. The number of Topliss-reactive ketones (excluding diaryl/α,β-unsaturated/α-hetero) is 1. The highest BCUT2D eigenvalue weighted by molar-refractivity contribution is 7.20. The zero-order chi connectivity index (χ0) is 57.6. The summed E-state index contributed by atoms with van der Waals surface area (Å²) in [7, 11) is 0. The maximum atomic E-state index is 14.2. The summed E-state index contributed by atoms with van der Waals surface area (Å²) in [5, 5.41) is 0. The second kappa shape index (κ2) is 20.9. The first-order chi connectivity index (χ1) is 34.4. The molecule has 0 bridgehead atoms. The second-order valence-electron chi connectivity index (χ2n) is 16.9. The van der Waals surface area contributed by atoms with Crippen LogP contribution in [0.4, 0.5) is 105 Å². The van der Waals surface area contributed by atoms with Crippen molar-refractivity contribution in [3.63, 3.8) is 0 Å². The van der Waals surface area contributed by atoms with E-state index in [2.05, 4.69) is 0 Å². The van der Waals surface area contributed by atoms with Crippen LogP contribution in [0.2, 0.25) is 0 Å². The lowest BCUT2D eigenvalue weighted by Crippen LogP contribution is -2.75. The van der Waals surface area contributed by atoms with E-state index in [1.165, 1.54) is 0 Å². The van der Waals surface area contributed by atoms with E-state index in [0.717, 1.165) is 5.75 Å². The number of carbonyl (C=O) groups excluding carboxylic acids is 1. The van der Waals surface area contributed by atoms with E-state index in [1.807, 2.05) is 73.3 Å². The van der Waals surface area contributed by atoms with E-state index in [4.69, 9.17) is 4.74 Å². The van der Waals surface area contributed by atoms with E-state index in [1.54, 1.807) is 0 Å². The third-order valence-electron chi connectivity index (χ3n) is 11.1. The molecular weight excluding hydrogens is 1090 g/mol. The molecule has 5 aromatic carbocycles. The van der Waals surface area contributed by atoms with Gasteiger partial charge >= 0.3 is 49.4 Å². The zero-order valence-corrected chi connectivity index (χ0v) is 37.8. The van der Waals surface area contributed by atoms with E-state index in [0.29, 0.717) is 12.1 Å². The Morgan fingerprint density at radius 1 is 0.395 bits per heavy atom. The minimum Gasteiger partial charge on any atom is -0.491 e. The van der Waals surface area contributed by atoms with Crippen molar-refractivity contribution in [1.29, 1.82) is 0 Å². The van der Waals surface area contributed by atoms with Gasteiger partial charge in [-0.05, 0) is 62.4 Å². The fraction of sp³-hybridized carbons (Fsp3) is 0.250. The third-order valence-corrected chi connectivity index (χ3v) is 11.1. The van der Waals surface area contributed by atoms with Gasteiger partial charge in [-0.15, -0.1) is 0 Å². The van der Waals surface area contributed by atoms with Gasteiger partial charge in [0, 0.05) is 17.7 Å². The van der Waals surface area contributed by atoms with Crippen molar-refractivity contribution in [2.75, 3.05) is 0 Å². The first kappa shape index (κ1) is 60.0. The van der Waals surface area contributed by atoms with Crippen LogP contribution >= 0.6 is 0 Å². The topological polar surface area (TPSA) is 30.2 Å². The summed E-state index contributed by atoms with van der Waals surface area (Å²) >= 11 is 0. The smallest absolute Gasteiger partial charge is 0.416 e. The Kier molecular flexibility index (Phi) is 16.5. The highest BCUT2D eigenvalue weighted by Gasteiger charge is 2.47. The number of alkyl halides is 24. The maximum absolute atomic E-state index is 14.2. The van der Waals surface area contributed by atoms with Crippen LogP contribution in [0.15, 0.2) is 128 Å². The van der Waals surface area contributed by atoms with Crippen LogP contribution in [0, 0.1) is 0 Å². The monoisotopic (exact) mass is 1120 g/mol. The van der Waals surface area contributed by atoms with E-state index >= 15 is 0 Å². The Labute approximate surface area is 412 Å². The van der Waals surface area contributed by atoms with Crippen LogP contribution in [-0.4, -0.2) is 18.0 Å². The molecule has 0 amide bonds. The van der Waals surface area contributed by atoms with Crippen molar-refractivity contribution < 1.29 is 119 Å². The fourth-order valence-corrected chi connectivity index (χ4v) is 7.86. The van der Waals surface area contributed by atoms with Crippen LogP contribution in [0.1, 0.15) is 68.7 Å². The highest BCUT2D eigenvalue weighted by Crippen LogP contribution is 2.41. The summed E-state index contributed by atoms with van der Waals surface area (Å²) in [6.07, 6.45) is -50.9. The summed E-state index contributed by atoms with van der Waals surface area (Å²) in [5.41, 5.74) is -29.5. The Morgan fingerprint density at radius 3 is 0.842 bits per heavy atom. The van der Waals surface area contributed by atoms with Crippen LogP contribution in [0.3, 0.4) is 0 Å². The van der Waals surface area contributed by atoms with Gasteiger partial charge in [0.2, 0.25) is 12.3 Å². The lowest BCUT2D eigenvalue weighted by atomic mass is 9.12. The van der Waals surface area contributed by atoms with Gasteiger partial charge in [0.15, 0.2) is 12.4 Å². The maximum Gasteiger partial charge on any atom is 0.416 e. The molecule has 0 saturated heterocycles. The number of benzene rings is 5. The van der Waals surface area contributed by atoms with Gasteiger partial charge in [0.25, 0.3) is 0 Å². The van der Waals surface area contributed by atoms with E-state index in [9.17, 15) is 110 Å². The number of halogens is 24. The number of carbonyl (C=O) groups is 1. The first-order valence-electron chi connectivity index (χ1n) is 21.0. The summed E-state index contributed by atoms with van der Waals surface area (Å²) in [6, 6.07) is 4.23. The fourth-order valence-electron chi connectivity index (χ4n) is 7.86.